The minimum Gasteiger partial charge on any atom is -0.495 e. The number of nitrogens with two attached hydrogens (primary N) is 1. The van der Waals surface area contributed by atoms with Crippen molar-refractivity contribution in [1.29, 1.82) is 0 Å². The summed E-state index contributed by atoms with van der Waals surface area (Å²) >= 11 is 0. The van der Waals surface area contributed by atoms with Gasteiger partial charge in [0.05, 0.1) is 18.5 Å². The zero-order valence-corrected chi connectivity index (χ0v) is 9.01. The smallest absolute Gasteiger partial charge is 0.405 e. The summed E-state index contributed by atoms with van der Waals surface area (Å²) in [6.07, 6.45) is -4.26. The van der Waals surface area contributed by atoms with Crippen LogP contribution in [0.15, 0.2) is 18.2 Å². The molecule has 1 aromatic rings. The lowest BCUT2D eigenvalue weighted by Gasteiger charge is -2.23. The van der Waals surface area contributed by atoms with Gasteiger partial charge in [-0.25, -0.2) is 0 Å². The summed E-state index contributed by atoms with van der Waals surface area (Å²) in [4.78, 5) is 1.04. The van der Waals surface area contributed by atoms with E-state index in [1.807, 2.05) is 0 Å². The molecule has 0 fully saturated rings. The lowest BCUT2D eigenvalue weighted by atomic mass is 10.2. The Morgan fingerprint density at radius 2 is 2.00 bits per heavy atom. The van der Waals surface area contributed by atoms with E-state index in [0.717, 1.165) is 4.90 Å². The average Bonchev–Trinajstić information content (AvgIpc) is 2.15. The Hall–Kier alpha value is -1.59. The monoisotopic (exact) mass is 234 g/mol. The Morgan fingerprint density at radius 3 is 2.50 bits per heavy atom. The molecule has 3 nitrogen and oxygen atoms in total. The summed E-state index contributed by atoms with van der Waals surface area (Å²) in [5.74, 6) is 0.367. The fourth-order valence-electron chi connectivity index (χ4n) is 1.40. The van der Waals surface area contributed by atoms with Crippen molar-refractivity contribution in [3.8, 4) is 5.75 Å². The standard InChI is InChI=1S/C10H13F3N2O/c1-15(6-10(11,12)13)7-4-3-5-8(16-2)9(7)14/h3-5H,6,14H2,1-2H3. The van der Waals surface area contributed by atoms with Crippen molar-refractivity contribution in [2.75, 3.05) is 31.3 Å². The number of methoxy groups -OCH3 is 1. The molecule has 0 spiro atoms. The molecular formula is C10H13F3N2O. The predicted molar refractivity (Wildman–Crippen MR) is 56.7 cm³/mol. The van der Waals surface area contributed by atoms with Crippen LogP contribution in [-0.4, -0.2) is 26.9 Å². The van der Waals surface area contributed by atoms with E-state index >= 15 is 0 Å². The second-order valence-electron chi connectivity index (χ2n) is 3.36. The van der Waals surface area contributed by atoms with Crippen LogP contribution in [0, 0.1) is 0 Å². The molecule has 0 saturated heterocycles. The fourth-order valence-corrected chi connectivity index (χ4v) is 1.40. The van der Waals surface area contributed by atoms with E-state index in [2.05, 4.69) is 0 Å². The molecular weight excluding hydrogens is 221 g/mol. The van der Waals surface area contributed by atoms with E-state index in [-0.39, 0.29) is 5.69 Å². The molecule has 0 unspecified atom stereocenters. The molecule has 0 amide bonds. The highest BCUT2D eigenvalue weighted by molar-refractivity contribution is 5.73. The fraction of sp³-hybridized carbons (Fsp3) is 0.400. The van der Waals surface area contributed by atoms with Crippen LogP contribution in [-0.2, 0) is 0 Å². The Labute approximate surface area is 91.6 Å². The minimum absolute atomic E-state index is 0.205. The van der Waals surface area contributed by atoms with E-state index in [1.54, 1.807) is 12.1 Å². The van der Waals surface area contributed by atoms with Crippen LogP contribution in [0.3, 0.4) is 0 Å². The quantitative estimate of drug-likeness (QED) is 0.815. The maximum absolute atomic E-state index is 12.2. The van der Waals surface area contributed by atoms with Crippen LogP contribution in [0.2, 0.25) is 0 Å². The van der Waals surface area contributed by atoms with E-state index in [0.29, 0.717) is 11.4 Å². The zero-order valence-electron chi connectivity index (χ0n) is 9.01. The molecule has 1 rings (SSSR count). The van der Waals surface area contributed by atoms with Gasteiger partial charge in [-0.2, -0.15) is 13.2 Å². The van der Waals surface area contributed by atoms with Crippen LogP contribution in [0.4, 0.5) is 24.5 Å². The molecule has 16 heavy (non-hydrogen) atoms. The summed E-state index contributed by atoms with van der Waals surface area (Å²) < 4.78 is 41.5. The topological polar surface area (TPSA) is 38.5 Å². The van der Waals surface area contributed by atoms with Crippen molar-refractivity contribution >= 4 is 11.4 Å². The predicted octanol–water partition coefficient (Wildman–Crippen LogP) is 2.28. The first-order valence-corrected chi connectivity index (χ1v) is 4.55. The molecule has 2 N–H and O–H groups in total. The highest BCUT2D eigenvalue weighted by Crippen LogP contribution is 2.32. The lowest BCUT2D eigenvalue weighted by molar-refractivity contribution is -0.119. The second kappa shape index (κ2) is 4.51. The molecule has 0 saturated carbocycles. The lowest BCUT2D eigenvalue weighted by Crippen LogP contribution is -2.31. The number of anilines is 2. The minimum atomic E-state index is -4.26. The number of para-hydroxylation sites is 1. The van der Waals surface area contributed by atoms with E-state index in [4.69, 9.17) is 10.5 Å². The summed E-state index contributed by atoms with van der Waals surface area (Å²) in [7, 11) is 2.75. The number of nitrogens with zero attached hydrogens (tertiary/aromatic N) is 1. The molecule has 0 aromatic heterocycles. The summed E-state index contributed by atoms with van der Waals surface area (Å²) in [6.45, 7) is -1.05. The normalized spacial score (nSPS) is 11.3. The largest absolute Gasteiger partial charge is 0.495 e. The summed E-state index contributed by atoms with van der Waals surface area (Å²) in [6, 6.07) is 4.71. The van der Waals surface area contributed by atoms with Gasteiger partial charge < -0.3 is 15.4 Å². The first-order valence-electron chi connectivity index (χ1n) is 4.55. The van der Waals surface area contributed by atoms with Crippen LogP contribution >= 0.6 is 0 Å². The van der Waals surface area contributed by atoms with Gasteiger partial charge in [-0.15, -0.1) is 0 Å². The number of nitrogen functional groups attached to an aromatic ring is 1. The van der Waals surface area contributed by atoms with Gasteiger partial charge in [0.1, 0.15) is 12.3 Å². The van der Waals surface area contributed by atoms with Gasteiger partial charge in [0, 0.05) is 7.05 Å². The average molecular weight is 234 g/mol. The number of ether oxygens (including phenoxy) is 1. The molecule has 0 aliphatic carbocycles. The number of hydrogen-bond acceptors (Lipinski definition) is 3. The van der Waals surface area contributed by atoms with Crippen molar-refractivity contribution in [3.05, 3.63) is 18.2 Å². The molecule has 6 heteroatoms. The first-order chi connectivity index (χ1) is 7.35. The van der Waals surface area contributed by atoms with Gasteiger partial charge in [0.2, 0.25) is 0 Å². The Bertz CT molecular complexity index is 366. The van der Waals surface area contributed by atoms with Gasteiger partial charge in [0.15, 0.2) is 0 Å². The van der Waals surface area contributed by atoms with Gasteiger partial charge in [0.25, 0.3) is 0 Å². The van der Waals surface area contributed by atoms with Crippen molar-refractivity contribution in [2.45, 2.75) is 6.18 Å². The number of halogens is 3. The third-order valence-corrected chi connectivity index (χ3v) is 2.09. The van der Waals surface area contributed by atoms with Crippen LogP contribution in [0.5, 0.6) is 5.75 Å². The number of hydrogen-bond donors (Lipinski definition) is 1. The Balaban J connectivity index is 2.95. The van der Waals surface area contributed by atoms with Crippen LogP contribution < -0.4 is 15.4 Å². The second-order valence-corrected chi connectivity index (χ2v) is 3.36. The molecule has 0 heterocycles. The number of rotatable bonds is 3. The maximum Gasteiger partial charge on any atom is 0.405 e. The molecule has 0 aliphatic heterocycles. The molecule has 0 atom stereocenters. The first kappa shape index (κ1) is 12.5. The number of alkyl halides is 3. The van der Waals surface area contributed by atoms with Gasteiger partial charge >= 0.3 is 6.18 Å². The van der Waals surface area contributed by atoms with E-state index in [9.17, 15) is 13.2 Å². The van der Waals surface area contributed by atoms with Crippen LogP contribution in [0.1, 0.15) is 0 Å². The van der Waals surface area contributed by atoms with Crippen molar-refractivity contribution in [2.24, 2.45) is 0 Å². The van der Waals surface area contributed by atoms with Gasteiger partial charge in [-0.3, -0.25) is 0 Å². The third kappa shape index (κ3) is 2.95. The highest BCUT2D eigenvalue weighted by atomic mass is 19.4. The Morgan fingerprint density at radius 1 is 1.38 bits per heavy atom. The molecule has 0 radical (unpaired) electrons. The van der Waals surface area contributed by atoms with Gasteiger partial charge in [-0.1, -0.05) is 6.07 Å². The van der Waals surface area contributed by atoms with Gasteiger partial charge in [-0.05, 0) is 12.1 Å². The third-order valence-electron chi connectivity index (χ3n) is 2.09. The summed E-state index contributed by atoms with van der Waals surface area (Å²) in [5.41, 5.74) is 6.19. The molecule has 0 bridgehead atoms. The van der Waals surface area contributed by atoms with E-state index in [1.165, 1.54) is 20.2 Å². The number of benzene rings is 1. The summed E-state index contributed by atoms with van der Waals surface area (Å²) in [5, 5.41) is 0. The highest BCUT2D eigenvalue weighted by Gasteiger charge is 2.30. The molecule has 1 aromatic carbocycles. The maximum atomic E-state index is 12.2. The van der Waals surface area contributed by atoms with E-state index < -0.39 is 12.7 Å². The van der Waals surface area contributed by atoms with Crippen LogP contribution in [0.25, 0.3) is 0 Å². The molecule has 90 valence electrons. The SMILES string of the molecule is COc1cccc(N(C)CC(F)(F)F)c1N. The van der Waals surface area contributed by atoms with Crippen molar-refractivity contribution in [1.82, 2.24) is 0 Å². The molecule has 0 aliphatic rings. The van der Waals surface area contributed by atoms with Crippen molar-refractivity contribution < 1.29 is 17.9 Å². The zero-order chi connectivity index (χ0) is 12.3. The Kier molecular flexibility index (Phi) is 3.51. The van der Waals surface area contributed by atoms with Crippen molar-refractivity contribution in [3.63, 3.8) is 0 Å².